The largest absolute Gasteiger partial charge is 0.486 e. The number of ether oxygens (including phenoxy) is 2. The van der Waals surface area contributed by atoms with Crippen molar-refractivity contribution in [3.8, 4) is 5.75 Å². The topological polar surface area (TPSA) is 129 Å². The maximum Gasteiger partial charge on any atom is 0.373 e. The molecular weight excluding hydrogens is 547 g/mol. The van der Waals surface area contributed by atoms with Gasteiger partial charge in [-0.05, 0) is 53.2 Å². The summed E-state index contributed by atoms with van der Waals surface area (Å²) in [6.07, 6.45) is 1.47. The van der Waals surface area contributed by atoms with E-state index in [4.69, 9.17) is 32.4 Å². The molecule has 2 heterocycles. The third kappa shape index (κ3) is 5.96. The summed E-state index contributed by atoms with van der Waals surface area (Å²) >= 11 is 13.4. The zero-order valence-electron chi connectivity index (χ0n) is 18.9. The van der Waals surface area contributed by atoms with Crippen LogP contribution in [0.5, 0.6) is 5.75 Å². The number of carbonyl (C=O) groups excluding carboxylic acids is 3. The van der Waals surface area contributed by atoms with E-state index in [1.807, 2.05) is 0 Å². The van der Waals surface area contributed by atoms with E-state index in [0.717, 1.165) is 16.7 Å². The number of imide groups is 1. The Morgan fingerprint density at radius 2 is 1.89 bits per heavy atom. The predicted molar refractivity (Wildman–Crippen MR) is 135 cm³/mol. The number of methoxy groups -OCH3 is 1. The lowest BCUT2D eigenvalue weighted by atomic mass is 10.2. The van der Waals surface area contributed by atoms with Crippen LogP contribution in [0, 0.1) is 10.1 Å². The average molecular weight is 563 g/mol. The SMILES string of the molecule is COC(=O)c1ccc(CN2C(=O)S/C(=C/c3cc(Cl)c(OCc4cccc([N+](=O)[O-])c4)c(Cl)c3)C2=O)o1. The van der Waals surface area contributed by atoms with Gasteiger partial charge in [0.1, 0.15) is 12.4 Å². The number of hydrogen-bond donors (Lipinski definition) is 0. The fraction of sp³-hybridized carbons (Fsp3) is 0.125. The van der Waals surface area contributed by atoms with E-state index in [1.54, 1.807) is 12.1 Å². The minimum atomic E-state index is -0.674. The van der Waals surface area contributed by atoms with E-state index < -0.39 is 22.0 Å². The first-order valence-electron chi connectivity index (χ1n) is 10.4. The van der Waals surface area contributed by atoms with E-state index >= 15 is 0 Å². The Kier molecular flexibility index (Phi) is 7.86. The minimum absolute atomic E-state index is 0.0101. The van der Waals surface area contributed by atoms with E-state index in [1.165, 1.54) is 49.6 Å². The fourth-order valence-corrected chi connectivity index (χ4v) is 4.78. The second-order valence-electron chi connectivity index (χ2n) is 7.55. The van der Waals surface area contributed by atoms with Gasteiger partial charge in [0, 0.05) is 12.1 Å². The molecule has 2 aromatic carbocycles. The zero-order valence-corrected chi connectivity index (χ0v) is 21.3. The van der Waals surface area contributed by atoms with Crippen LogP contribution in [-0.2, 0) is 22.7 Å². The molecule has 0 atom stereocenters. The van der Waals surface area contributed by atoms with Gasteiger partial charge in [-0.1, -0.05) is 35.3 Å². The van der Waals surface area contributed by atoms with Gasteiger partial charge in [-0.15, -0.1) is 0 Å². The molecule has 0 bridgehead atoms. The number of nitro groups is 1. The lowest BCUT2D eigenvalue weighted by molar-refractivity contribution is -0.384. The molecular formula is C24H16Cl2N2O8S. The number of carbonyl (C=O) groups is 3. The molecule has 190 valence electrons. The van der Waals surface area contributed by atoms with Crippen molar-refractivity contribution in [1.82, 2.24) is 4.90 Å². The average Bonchev–Trinajstić information content (AvgIpc) is 3.43. The van der Waals surface area contributed by atoms with Gasteiger partial charge in [0.2, 0.25) is 5.76 Å². The first-order valence-corrected chi connectivity index (χ1v) is 12.0. The Morgan fingerprint density at radius 3 is 2.57 bits per heavy atom. The first-order chi connectivity index (χ1) is 17.7. The molecule has 1 aromatic heterocycles. The van der Waals surface area contributed by atoms with Crippen molar-refractivity contribution >= 4 is 63.8 Å². The Labute approximate surface area is 223 Å². The molecule has 0 unspecified atom stereocenters. The summed E-state index contributed by atoms with van der Waals surface area (Å²) in [5, 5.41) is 10.7. The highest BCUT2D eigenvalue weighted by atomic mass is 35.5. The standard InChI is InChI=1S/C24H16Cl2N2O8S/c1-34-23(30)19-6-5-16(36-19)11-27-22(29)20(37-24(27)31)10-14-8-17(25)21(18(26)9-14)35-12-13-3-2-4-15(7-13)28(32)33/h2-10H,11-12H2,1H3/b20-10+. The molecule has 1 fully saturated rings. The van der Waals surface area contributed by atoms with Crippen LogP contribution in [-0.4, -0.2) is 34.0 Å². The van der Waals surface area contributed by atoms with Crippen LogP contribution < -0.4 is 4.74 Å². The molecule has 4 rings (SSSR count). The quantitative estimate of drug-likeness (QED) is 0.138. The van der Waals surface area contributed by atoms with E-state index in [2.05, 4.69) is 4.74 Å². The molecule has 0 N–H and O–H groups in total. The van der Waals surface area contributed by atoms with Crippen molar-refractivity contribution in [2.75, 3.05) is 7.11 Å². The van der Waals surface area contributed by atoms with Crippen molar-refractivity contribution in [2.45, 2.75) is 13.2 Å². The van der Waals surface area contributed by atoms with Crippen LogP contribution >= 0.6 is 35.0 Å². The monoisotopic (exact) mass is 562 g/mol. The van der Waals surface area contributed by atoms with Crippen LogP contribution in [0.2, 0.25) is 10.0 Å². The Morgan fingerprint density at radius 1 is 1.16 bits per heavy atom. The Bertz CT molecular complexity index is 1430. The maximum absolute atomic E-state index is 12.8. The minimum Gasteiger partial charge on any atom is -0.486 e. The third-order valence-electron chi connectivity index (χ3n) is 5.06. The molecule has 10 nitrogen and oxygen atoms in total. The molecule has 37 heavy (non-hydrogen) atoms. The number of rotatable bonds is 8. The highest BCUT2D eigenvalue weighted by Crippen LogP contribution is 2.38. The molecule has 3 aromatic rings. The molecule has 0 aliphatic carbocycles. The predicted octanol–water partition coefficient (Wildman–Crippen LogP) is 6.10. The molecule has 0 radical (unpaired) electrons. The van der Waals surface area contributed by atoms with Crippen molar-refractivity contribution in [3.05, 3.63) is 96.2 Å². The summed E-state index contributed by atoms with van der Waals surface area (Å²) in [6.45, 7) is -0.172. The summed E-state index contributed by atoms with van der Waals surface area (Å²) in [6, 6.07) is 11.9. The highest BCUT2D eigenvalue weighted by molar-refractivity contribution is 8.18. The number of esters is 1. The number of nitrogens with zero attached hydrogens (tertiary/aromatic N) is 2. The molecule has 13 heteroatoms. The van der Waals surface area contributed by atoms with Crippen LogP contribution in [0.4, 0.5) is 10.5 Å². The summed E-state index contributed by atoms with van der Waals surface area (Å²) in [5.74, 6) is -0.868. The van der Waals surface area contributed by atoms with Crippen molar-refractivity contribution < 1.29 is 33.2 Å². The smallest absolute Gasteiger partial charge is 0.373 e. The van der Waals surface area contributed by atoms with E-state index in [9.17, 15) is 24.5 Å². The number of halogens is 2. The van der Waals surface area contributed by atoms with Gasteiger partial charge < -0.3 is 13.9 Å². The third-order valence-corrected chi connectivity index (χ3v) is 6.53. The van der Waals surface area contributed by atoms with Gasteiger partial charge in [-0.2, -0.15) is 0 Å². The number of hydrogen-bond acceptors (Lipinski definition) is 9. The summed E-state index contributed by atoms with van der Waals surface area (Å²) in [4.78, 5) is 48.4. The van der Waals surface area contributed by atoms with Gasteiger partial charge in [-0.3, -0.25) is 24.6 Å². The van der Waals surface area contributed by atoms with Gasteiger partial charge in [0.25, 0.3) is 16.8 Å². The van der Waals surface area contributed by atoms with Gasteiger partial charge in [0.15, 0.2) is 5.75 Å². The van der Waals surface area contributed by atoms with Crippen molar-refractivity contribution in [2.24, 2.45) is 0 Å². The molecule has 1 aliphatic heterocycles. The van der Waals surface area contributed by atoms with E-state index in [-0.39, 0.29) is 51.1 Å². The summed E-state index contributed by atoms with van der Waals surface area (Å²) < 4.78 is 15.6. The molecule has 1 saturated heterocycles. The van der Waals surface area contributed by atoms with Crippen LogP contribution in [0.3, 0.4) is 0 Å². The Balaban J connectivity index is 1.47. The Hall–Kier alpha value is -3.80. The number of amides is 2. The van der Waals surface area contributed by atoms with Crippen LogP contribution in [0.1, 0.15) is 27.4 Å². The van der Waals surface area contributed by atoms with Gasteiger partial charge in [0.05, 0.1) is 33.5 Å². The number of thioether (sulfide) groups is 1. The normalized spacial score (nSPS) is 14.4. The van der Waals surface area contributed by atoms with Gasteiger partial charge >= 0.3 is 5.97 Å². The molecule has 0 spiro atoms. The van der Waals surface area contributed by atoms with E-state index in [0.29, 0.717) is 11.1 Å². The van der Waals surface area contributed by atoms with Crippen LogP contribution in [0.15, 0.2) is 57.9 Å². The summed E-state index contributed by atoms with van der Waals surface area (Å²) in [5.41, 5.74) is 0.932. The molecule has 1 aliphatic rings. The number of furan rings is 1. The lowest BCUT2D eigenvalue weighted by Crippen LogP contribution is -2.27. The molecule has 0 saturated carbocycles. The van der Waals surface area contributed by atoms with Crippen LogP contribution in [0.25, 0.3) is 6.08 Å². The number of non-ortho nitro benzene ring substituents is 1. The van der Waals surface area contributed by atoms with Crippen molar-refractivity contribution in [1.29, 1.82) is 0 Å². The number of benzene rings is 2. The lowest BCUT2D eigenvalue weighted by Gasteiger charge is -2.11. The van der Waals surface area contributed by atoms with Gasteiger partial charge in [-0.25, -0.2) is 4.79 Å². The second-order valence-corrected chi connectivity index (χ2v) is 9.36. The summed E-state index contributed by atoms with van der Waals surface area (Å²) in [7, 11) is 1.21. The molecule has 2 amide bonds. The zero-order chi connectivity index (χ0) is 26.7. The fourth-order valence-electron chi connectivity index (χ4n) is 3.33. The number of nitro benzene ring substituents is 1. The maximum atomic E-state index is 12.8. The van der Waals surface area contributed by atoms with Crippen molar-refractivity contribution in [3.63, 3.8) is 0 Å². The highest BCUT2D eigenvalue weighted by Gasteiger charge is 2.36. The first kappa shape index (κ1) is 26.3. The second kappa shape index (κ2) is 11.1.